The Bertz CT molecular complexity index is 1030. The predicted octanol–water partition coefficient (Wildman–Crippen LogP) is 2.32. The number of hydrogen-bond donors (Lipinski definition) is 2. The molecule has 142 valence electrons. The van der Waals surface area contributed by atoms with Gasteiger partial charge in [0, 0.05) is 36.6 Å². The van der Waals surface area contributed by atoms with Gasteiger partial charge in [-0.3, -0.25) is 4.57 Å². The van der Waals surface area contributed by atoms with Crippen LogP contribution < -0.4 is 10.0 Å². The highest BCUT2D eigenvalue weighted by Crippen LogP contribution is 2.14. The highest BCUT2D eigenvalue weighted by atomic mass is 35.5. The second-order valence-corrected chi connectivity index (χ2v) is 7.98. The number of sulfonamides is 1. The van der Waals surface area contributed by atoms with Crippen LogP contribution in [0.15, 0.2) is 47.6 Å². The molecule has 8 nitrogen and oxygen atoms in total. The number of aromatic nitrogens is 4. The SMILES string of the molecule is Cc1nc(NCCNS(=O)(=O)c2ccc(Cl)cc2)cc(-n2ccnc2C)n1. The maximum absolute atomic E-state index is 12.2. The fourth-order valence-electron chi connectivity index (χ4n) is 2.46. The van der Waals surface area contributed by atoms with E-state index in [0.717, 1.165) is 5.82 Å². The summed E-state index contributed by atoms with van der Waals surface area (Å²) in [4.78, 5) is 13.1. The van der Waals surface area contributed by atoms with Crippen LogP contribution in [0.25, 0.3) is 5.82 Å². The number of benzene rings is 1. The quantitative estimate of drug-likeness (QED) is 0.584. The molecule has 0 fully saturated rings. The Morgan fingerprint density at radius 2 is 1.85 bits per heavy atom. The molecule has 0 aliphatic heterocycles. The minimum atomic E-state index is -3.58. The van der Waals surface area contributed by atoms with Crippen LogP contribution >= 0.6 is 11.6 Å². The number of nitrogens with zero attached hydrogens (tertiary/aromatic N) is 4. The molecule has 0 aliphatic carbocycles. The third-order valence-electron chi connectivity index (χ3n) is 3.74. The van der Waals surface area contributed by atoms with Gasteiger partial charge in [0.25, 0.3) is 0 Å². The van der Waals surface area contributed by atoms with E-state index in [0.29, 0.717) is 29.0 Å². The lowest BCUT2D eigenvalue weighted by atomic mass is 10.4. The van der Waals surface area contributed by atoms with Gasteiger partial charge in [-0.2, -0.15) is 0 Å². The Balaban J connectivity index is 1.61. The van der Waals surface area contributed by atoms with Crippen LogP contribution in [0.3, 0.4) is 0 Å². The molecule has 27 heavy (non-hydrogen) atoms. The first-order valence-electron chi connectivity index (χ1n) is 8.20. The molecule has 0 bridgehead atoms. The van der Waals surface area contributed by atoms with Gasteiger partial charge < -0.3 is 5.32 Å². The van der Waals surface area contributed by atoms with Gasteiger partial charge in [-0.25, -0.2) is 28.1 Å². The Morgan fingerprint density at radius 1 is 1.11 bits per heavy atom. The van der Waals surface area contributed by atoms with E-state index in [2.05, 4.69) is 25.0 Å². The molecule has 0 unspecified atom stereocenters. The molecule has 0 atom stereocenters. The second-order valence-electron chi connectivity index (χ2n) is 5.78. The molecule has 0 saturated heterocycles. The van der Waals surface area contributed by atoms with Gasteiger partial charge in [0.15, 0.2) is 0 Å². The van der Waals surface area contributed by atoms with Gasteiger partial charge >= 0.3 is 0 Å². The molecule has 1 aromatic carbocycles. The molecule has 0 amide bonds. The number of nitrogens with one attached hydrogen (secondary N) is 2. The zero-order valence-electron chi connectivity index (χ0n) is 14.8. The smallest absolute Gasteiger partial charge is 0.240 e. The van der Waals surface area contributed by atoms with Crippen LogP contribution in [0.5, 0.6) is 0 Å². The molecular weight excluding hydrogens is 388 g/mol. The van der Waals surface area contributed by atoms with Crippen LogP contribution in [0.4, 0.5) is 5.82 Å². The number of halogens is 1. The van der Waals surface area contributed by atoms with Crippen molar-refractivity contribution in [3.05, 3.63) is 59.4 Å². The molecule has 10 heteroatoms. The van der Waals surface area contributed by atoms with E-state index >= 15 is 0 Å². The molecule has 2 N–H and O–H groups in total. The summed E-state index contributed by atoms with van der Waals surface area (Å²) in [5.74, 6) is 2.72. The largest absolute Gasteiger partial charge is 0.369 e. The van der Waals surface area contributed by atoms with E-state index in [4.69, 9.17) is 11.6 Å². The first-order chi connectivity index (χ1) is 12.8. The number of anilines is 1. The third-order valence-corrected chi connectivity index (χ3v) is 5.47. The molecule has 3 aromatic rings. The molecule has 2 heterocycles. The van der Waals surface area contributed by atoms with Crippen LogP contribution in [0, 0.1) is 13.8 Å². The zero-order valence-corrected chi connectivity index (χ0v) is 16.4. The number of hydrogen-bond acceptors (Lipinski definition) is 6. The highest BCUT2D eigenvalue weighted by molar-refractivity contribution is 7.89. The molecule has 0 radical (unpaired) electrons. The standard InChI is InChI=1S/C17H19ClN6O2S/c1-12-22-16(11-17(23-12)24-10-9-19-13(24)2)20-7-8-21-27(25,26)15-5-3-14(18)4-6-15/h3-6,9-11,21H,7-8H2,1-2H3,(H,20,22,23). The summed E-state index contributed by atoms with van der Waals surface area (Å²) in [7, 11) is -3.58. The van der Waals surface area contributed by atoms with Crippen molar-refractivity contribution < 1.29 is 8.42 Å². The van der Waals surface area contributed by atoms with Gasteiger partial charge in [-0.1, -0.05) is 11.6 Å². The van der Waals surface area contributed by atoms with Gasteiger partial charge in [0.2, 0.25) is 10.0 Å². The summed E-state index contributed by atoms with van der Waals surface area (Å²) in [5.41, 5.74) is 0. The normalized spacial score (nSPS) is 11.5. The van der Waals surface area contributed by atoms with Crippen molar-refractivity contribution in [2.45, 2.75) is 18.7 Å². The molecule has 3 rings (SSSR count). The summed E-state index contributed by atoms with van der Waals surface area (Å²) < 4.78 is 28.9. The average molecular weight is 407 g/mol. The summed E-state index contributed by atoms with van der Waals surface area (Å²) in [6.07, 6.45) is 3.52. The molecule has 2 aromatic heterocycles. The van der Waals surface area contributed by atoms with Crippen molar-refractivity contribution in [1.29, 1.82) is 0 Å². The number of aryl methyl sites for hydroxylation is 2. The van der Waals surface area contributed by atoms with Gasteiger partial charge in [-0.05, 0) is 38.1 Å². The topological polar surface area (TPSA) is 102 Å². The Hall–Kier alpha value is -2.49. The van der Waals surface area contributed by atoms with E-state index in [1.165, 1.54) is 24.3 Å². The van der Waals surface area contributed by atoms with Crippen molar-refractivity contribution in [3.8, 4) is 5.82 Å². The fourth-order valence-corrected chi connectivity index (χ4v) is 3.62. The van der Waals surface area contributed by atoms with Gasteiger partial charge in [0.1, 0.15) is 23.3 Å². The number of rotatable bonds is 7. The van der Waals surface area contributed by atoms with Crippen molar-refractivity contribution in [1.82, 2.24) is 24.2 Å². The maximum atomic E-state index is 12.2. The van der Waals surface area contributed by atoms with E-state index in [-0.39, 0.29) is 11.4 Å². The van der Waals surface area contributed by atoms with E-state index in [1.54, 1.807) is 19.2 Å². The predicted molar refractivity (Wildman–Crippen MR) is 104 cm³/mol. The zero-order chi connectivity index (χ0) is 19.4. The van der Waals surface area contributed by atoms with Crippen LogP contribution in [0.2, 0.25) is 5.02 Å². The van der Waals surface area contributed by atoms with E-state index in [1.807, 2.05) is 17.7 Å². The number of imidazole rings is 1. The van der Waals surface area contributed by atoms with Crippen LogP contribution in [-0.4, -0.2) is 41.0 Å². The molecule has 0 aliphatic rings. The summed E-state index contributed by atoms with van der Waals surface area (Å²) >= 11 is 5.79. The minimum Gasteiger partial charge on any atom is -0.369 e. The average Bonchev–Trinajstić information content (AvgIpc) is 3.05. The van der Waals surface area contributed by atoms with Gasteiger partial charge in [0.05, 0.1) is 4.90 Å². The lowest BCUT2D eigenvalue weighted by Crippen LogP contribution is -2.29. The Kier molecular flexibility index (Phi) is 5.73. The van der Waals surface area contributed by atoms with Crippen molar-refractivity contribution in [3.63, 3.8) is 0 Å². The monoisotopic (exact) mass is 406 g/mol. The molecule has 0 spiro atoms. The summed E-state index contributed by atoms with van der Waals surface area (Å²) in [5, 5.41) is 3.59. The summed E-state index contributed by atoms with van der Waals surface area (Å²) in [6.45, 7) is 4.25. The second kappa shape index (κ2) is 8.03. The van der Waals surface area contributed by atoms with Crippen LogP contribution in [-0.2, 0) is 10.0 Å². The molecule has 0 saturated carbocycles. The first kappa shape index (κ1) is 19.3. The maximum Gasteiger partial charge on any atom is 0.240 e. The third kappa shape index (κ3) is 4.82. The summed E-state index contributed by atoms with van der Waals surface area (Å²) in [6, 6.07) is 7.79. The van der Waals surface area contributed by atoms with E-state index in [9.17, 15) is 8.42 Å². The van der Waals surface area contributed by atoms with E-state index < -0.39 is 10.0 Å². The minimum absolute atomic E-state index is 0.169. The Labute approximate surface area is 162 Å². The first-order valence-corrected chi connectivity index (χ1v) is 10.1. The van der Waals surface area contributed by atoms with Gasteiger partial charge in [-0.15, -0.1) is 0 Å². The highest BCUT2D eigenvalue weighted by Gasteiger charge is 2.13. The fraction of sp³-hybridized carbons (Fsp3) is 0.235. The lowest BCUT2D eigenvalue weighted by Gasteiger charge is -2.11. The van der Waals surface area contributed by atoms with Crippen molar-refractivity contribution in [2.24, 2.45) is 0 Å². The molecular formula is C17H19ClN6O2S. The van der Waals surface area contributed by atoms with Crippen molar-refractivity contribution in [2.75, 3.05) is 18.4 Å². The lowest BCUT2D eigenvalue weighted by molar-refractivity contribution is 0.583. The van der Waals surface area contributed by atoms with Crippen LogP contribution in [0.1, 0.15) is 11.6 Å². The van der Waals surface area contributed by atoms with Crippen molar-refractivity contribution >= 4 is 27.4 Å². The Morgan fingerprint density at radius 3 is 2.52 bits per heavy atom.